The van der Waals surface area contributed by atoms with Crippen LogP contribution in [0.4, 0.5) is 4.79 Å². The molecule has 0 aromatic heterocycles. The lowest BCUT2D eigenvalue weighted by Crippen LogP contribution is -2.49. The van der Waals surface area contributed by atoms with Crippen LogP contribution < -0.4 is 5.32 Å². The van der Waals surface area contributed by atoms with Crippen LogP contribution in [0.3, 0.4) is 0 Å². The van der Waals surface area contributed by atoms with Crippen molar-refractivity contribution in [3.8, 4) is 6.07 Å². The zero-order valence-corrected chi connectivity index (χ0v) is 23.6. The molecule has 1 aromatic rings. The molecule has 0 bridgehead atoms. The van der Waals surface area contributed by atoms with Crippen LogP contribution in [-0.2, 0) is 24.3 Å². The minimum Gasteiger partial charge on any atom is -0.480 e. The van der Waals surface area contributed by atoms with Crippen LogP contribution in [0.5, 0.6) is 0 Å². The number of aliphatic carboxylic acids is 1. The van der Waals surface area contributed by atoms with Crippen molar-refractivity contribution in [1.82, 2.24) is 14.5 Å². The van der Waals surface area contributed by atoms with Gasteiger partial charge >= 0.3 is 12.1 Å². The SMILES string of the molecule is CC.CC(NC(=O)[C@@H]1CCCN1S(=O)(=O)c1ccc(C#N)cc1)C(=O)O.CN(C)C(=O)OC1=CC=CC=CC1. The fourth-order valence-electron chi connectivity index (χ4n) is 3.33. The van der Waals surface area contributed by atoms with E-state index in [9.17, 15) is 22.8 Å². The molecule has 1 aliphatic carbocycles. The second-order valence-corrected chi connectivity index (χ2v) is 10.3. The highest BCUT2D eigenvalue weighted by molar-refractivity contribution is 7.89. The van der Waals surface area contributed by atoms with Crippen molar-refractivity contribution >= 4 is 28.0 Å². The molecule has 0 radical (unpaired) electrons. The Kier molecular flexibility index (Phi) is 13.7. The predicted molar refractivity (Wildman–Crippen MR) is 146 cm³/mol. The third-order valence-electron chi connectivity index (χ3n) is 5.37. The van der Waals surface area contributed by atoms with E-state index in [0.29, 0.717) is 30.6 Å². The highest BCUT2D eigenvalue weighted by atomic mass is 32.2. The normalized spacial score (nSPS) is 17.0. The van der Waals surface area contributed by atoms with Crippen molar-refractivity contribution in [3.63, 3.8) is 0 Å². The summed E-state index contributed by atoms with van der Waals surface area (Å²) >= 11 is 0. The van der Waals surface area contributed by atoms with E-state index in [-0.39, 0.29) is 17.5 Å². The Bertz CT molecular complexity index is 1230. The summed E-state index contributed by atoms with van der Waals surface area (Å²) in [5.74, 6) is -1.15. The maximum Gasteiger partial charge on any atom is 0.414 e. The third kappa shape index (κ3) is 10.0. The van der Waals surface area contributed by atoms with E-state index >= 15 is 0 Å². The van der Waals surface area contributed by atoms with Gasteiger partial charge in [0.1, 0.15) is 17.8 Å². The number of sulfonamides is 1. The number of carbonyl (C=O) groups excluding carboxylic acids is 2. The predicted octanol–water partition coefficient (Wildman–Crippen LogP) is 3.41. The van der Waals surface area contributed by atoms with Gasteiger partial charge in [-0.2, -0.15) is 9.57 Å². The van der Waals surface area contributed by atoms with Crippen LogP contribution >= 0.6 is 0 Å². The van der Waals surface area contributed by atoms with Crippen LogP contribution in [-0.4, -0.2) is 73.4 Å². The summed E-state index contributed by atoms with van der Waals surface area (Å²) in [6.07, 6.45) is 10.6. The van der Waals surface area contributed by atoms with E-state index in [2.05, 4.69) is 5.32 Å². The average molecular weight is 561 g/mol. The van der Waals surface area contributed by atoms with E-state index in [1.165, 1.54) is 36.1 Å². The fourth-order valence-corrected chi connectivity index (χ4v) is 4.99. The number of hydrogen-bond donors (Lipinski definition) is 2. The molecule has 2 atom stereocenters. The number of allylic oxidation sites excluding steroid dienone is 5. The topological polar surface area (TPSA) is 157 Å². The molecule has 39 heavy (non-hydrogen) atoms. The van der Waals surface area contributed by atoms with Gasteiger partial charge in [0, 0.05) is 27.1 Å². The smallest absolute Gasteiger partial charge is 0.414 e. The quantitative estimate of drug-likeness (QED) is 0.536. The Balaban J connectivity index is 0.000000428. The van der Waals surface area contributed by atoms with E-state index in [4.69, 9.17) is 15.1 Å². The molecular weight excluding hydrogens is 524 g/mol. The average Bonchev–Trinajstić information content (AvgIpc) is 3.30. The molecule has 2 aliphatic rings. The van der Waals surface area contributed by atoms with Crippen LogP contribution in [0.25, 0.3) is 0 Å². The maximum absolute atomic E-state index is 12.7. The van der Waals surface area contributed by atoms with Gasteiger partial charge in [-0.1, -0.05) is 38.2 Å². The van der Waals surface area contributed by atoms with Crippen molar-refractivity contribution in [1.29, 1.82) is 5.26 Å². The van der Waals surface area contributed by atoms with Gasteiger partial charge < -0.3 is 20.1 Å². The van der Waals surface area contributed by atoms with Crippen molar-refractivity contribution in [2.45, 2.75) is 57.0 Å². The second kappa shape index (κ2) is 16.1. The maximum atomic E-state index is 12.7. The molecule has 11 nitrogen and oxygen atoms in total. The molecule has 3 rings (SSSR count). The van der Waals surface area contributed by atoms with Crippen LogP contribution in [0.1, 0.15) is 45.6 Å². The van der Waals surface area contributed by atoms with Crippen molar-refractivity contribution in [3.05, 3.63) is 66.0 Å². The molecule has 0 spiro atoms. The largest absolute Gasteiger partial charge is 0.480 e. The first-order chi connectivity index (χ1) is 18.5. The molecular formula is C27H36N4O7S. The molecule has 12 heteroatoms. The van der Waals surface area contributed by atoms with Crippen molar-refractivity contribution in [2.24, 2.45) is 0 Å². The summed E-state index contributed by atoms with van der Waals surface area (Å²) in [5.41, 5.74) is 0.333. The standard InChI is InChI=1S/C15H17N3O5S.C10H13NO2.C2H6/c1-10(15(20)21)17-14(19)13-3-2-8-18(13)24(22,23)12-6-4-11(9-16)5-7-12;1-11(2)10(12)13-9-7-5-3-4-6-8-9;1-2/h4-7,10,13H,2-3,8H2,1H3,(H,17,19)(H,20,21);3-7H,8H2,1-2H3;1-2H3/t10?,13-;;/m0../s1. The first-order valence-electron chi connectivity index (χ1n) is 12.4. The molecule has 2 amide bonds. The lowest BCUT2D eigenvalue weighted by Gasteiger charge is -2.24. The first-order valence-corrected chi connectivity index (χ1v) is 13.9. The summed E-state index contributed by atoms with van der Waals surface area (Å²) in [4.78, 5) is 35.6. The number of carboxylic acids is 1. The van der Waals surface area contributed by atoms with Gasteiger partial charge in [-0.15, -0.1) is 0 Å². The molecule has 2 N–H and O–H groups in total. The summed E-state index contributed by atoms with van der Waals surface area (Å²) in [6.45, 7) is 5.50. The molecule has 1 aromatic carbocycles. The van der Waals surface area contributed by atoms with E-state index < -0.39 is 34.0 Å². The Labute approximate surface area is 230 Å². The summed E-state index contributed by atoms with van der Waals surface area (Å²) in [6, 6.07) is 5.30. The highest BCUT2D eigenvalue weighted by Gasteiger charge is 2.40. The zero-order chi connectivity index (χ0) is 29.6. The van der Waals surface area contributed by atoms with Crippen molar-refractivity contribution < 1.29 is 32.6 Å². The first kappa shape index (κ1) is 33.1. The monoisotopic (exact) mass is 560 g/mol. The lowest BCUT2D eigenvalue weighted by molar-refractivity contribution is -0.141. The van der Waals surface area contributed by atoms with Gasteiger partial charge in [-0.25, -0.2) is 13.2 Å². The number of nitriles is 1. The number of ether oxygens (including phenoxy) is 1. The van der Waals surface area contributed by atoms with Gasteiger partial charge in [-0.05, 0) is 50.1 Å². The minimum atomic E-state index is -3.90. The molecule has 1 fully saturated rings. The highest BCUT2D eigenvalue weighted by Crippen LogP contribution is 2.26. The van der Waals surface area contributed by atoms with Gasteiger partial charge in [0.15, 0.2) is 0 Å². The van der Waals surface area contributed by atoms with Gasteiger partial charge in [-0.3, -0.25) is 9.59 Å². The number of nitrogens with one attached hydrogen (secondary N) is 1. The van der Waals surface area contributed by atoms with Crippen molar-refractivity contribution in [2.75, 3.05) is 20.6 Å². The Morgan fingerprint density at radius 3 is 2.36 bits per heavy atom. The number of carbonyl (C=O) groups is 3. The number of benzene rings is 1. The number of rotatable bonds is 6. The lowest BCUT2D eigenvalue weighted by atomic mass is 10.2. The summed E-state index contributed by atoms with van der Waals surface area (Å²) in [7, 11) is -0.582. The van der Waals surface area contributed by atoms with Gasteiger partial charge in [0.25, 0.3) is 0 Å². The molecule has 0 saturated carbocycles. The summed E-state index contributed by atoms with van der Waals surface area (Å²) in [5, 5.41) is 19.9. The van der Waals surface area contributed by atoms with E-state index in [1.54, 1.807) is 20.2 Å². The Hall–Kier alpha value is -3.95. The second-order valence-electron chi connectivity index (χ2n) is 8.39. The van der Waals surface area contributed by atoms with Gasteiger partial charge in [0.2, 0.25) is 15.9 Å². The van der Waals surface area contributed by atoms with Gasteiger partial charge in [0.05, 0.1) is 16.5 Å². The number of carboxylic acid groups (broad SMARTS) is 1. The fraction of sp³-hybridized carbons (Fsp3) is 0.407. The Morgan fingerprint density at radius 2 is 1.79 bits per heavy atom. The van der Waals surface area contributed by atoms with E-state index in [1.807, 2.05) is 44.2 Å². The molecule has 1 unspecified atom stereocenters. The Morgan fingerprint density at radius 1 is 1.15 bits per heavy atom. The minimum absolute atomic E-state index is 0.00696. The van der Waals surface area contributed by atoms with E-state index in [0.717, 1.165) is 4.31 Å². The molecule has 1 aliphatic heterocycles. The van der Waals surface area contributed by atoms with Crippen LogP contribution in [0.2, 0.25) is 0 Å². The number of hydrogen-bond acceptors (Lipinski definition) is 7. The summed E-state index contributed by atoms with van der Waals surface area (Å²) < 4.78 is 31.6. The third-order valence-corrected chi connectivity index (χ3v) is 7.29. The number of nitrogens with zero attached hydrogens (tertiary/aromatic N) is 3. The van der Waals surface area contributed by atoms with Crippen LogP contribution in [0.15, 0.2) is 65.3 Å². The molecule has 212 valence electrons. The molecule has 1 heterocycles. The zero-order valence-electron chi connectivity index (χ0n) is 22.8. The number of amides is 2. The van der Waals surface area contributed by atoms with Crippen LogP contribution in [0, 0.1) is 11.3 Å². The molecule has 1 saturated heterocycles.